The minimum Gasteiger partial charge on any atom is -0.872 e. The molecule has 9 nitrogen and oxygen atoms in total. The van der Waals surface area contributed by atoms with Gasteiger partial charge in [0, 0.05) is 37.4 Å². The maximum Gasteiger partial charge on any atom is 0.355 e. The second-order valence-corrected chi connectivity index (χ2v) is 9.18. The second-order valence-electron chi connectivity index (χ2n) is 9.18. The molecule has 1 aromatic heterocycles. The van der Waals surface area contributed by atoms with Gasteiger partial charge in [0.2, 0.25) is 5.78 Å². The molecule has 2 aliphatic heterocycles. The van der Waals surface area contributed by atoms with Crippen LogP contribution in [-0.4, -0.2) is 78.4 Å². The summed E-state index contributed by atoms with van der Waals surface area (Å²) in [7, 11) is 0. The molecule has 2 aromatic rings. The Bertz CT molecular complexity index is 1230. The van der Waals surface area contributed by atoms with Crippen LogP contribution in [0, 0.1) is 19.7 Å². The predicted octanol–water partition coefficient (Wildman–Crippen LogP) is 1.89. The first-order valence-corrected chi connectivity index (χ1v) is 12.4. The summed E-state index contributed by atoms with van der Waals surface area (Å²) in [6.07, 6.45) is 0.571. The molecule has 3 heterocycles. The lowest BCUT2D eigenvalue weighted by molar-refractivity contribution is -0.245. The molecule has 2 fully saturated rings. The molecule has 1 aromatic carbocycles. The lowest BCUT2D eigenvalue weighted by Crippen LogP contribution is -2.39. The third kappa shape index (κ3) is 5.30. The van der Waals surface area contributed by atoms with Gasteiger partial charge in [0.05, 0.1) is 25.9 Å². The van der Waals surface area contributed by atoms with E-state index < -0.39 is 35.3 Å². The molecule has 0 bridgehead atoms. The topological polar surface area (TPSA) is 115 Å². The Morgan fingerprint density at radius 3 is 2.62 bits per heavy atom. The van der Waals surface area contributed by atoms with Crippen LogP contribution >= 0.6 is 0 Å². The number of aromatic nitrogens is 1. The summed E-state index contributed by atoms with van der Waals surface area (Å²) >= 11 is 0. The van der Waals surface area contributed by atoms with E-state index in [1.54, 1.807) is 26.8 Å². The van der Waals surface area contributed by atoms with Gasteiger partial charge in [-0.15, -0.1) is 0 Å². The van der Waals surface area contributed by atoms with Crippen LogP contribution in [0.1, 0.15) is 52.3 Å². The number of morpholine rings is 1. The highest BCUT2D eigenvalue weighted by Gasteiger charge is 2.44. The predicted molar refractivity (Wildman–Crippen MR) is 131 cm³/mol. The quantitative estimate of drug-likeness (QED) is 0.249. The Balaban J connectivity index is 1.74. The molecular formula is C27H31FN3O6-. The highest BCUT2D eigenvalue weighted by Crippen LogP contribution is 2.40. The summed E-state index contributed by atoms with van der Waals surface area (Å²) in [6, 6.07) is 4.55. The summed E-state index contributed by atoms with van der Waals surface area (Å²) in [4.78, 5) is 45.2. The highest BCUT2D eigenvalue weighted by molar-refractivity contribution is 6.46. The lowest BCUT2D eigenvalue weighted by Gasteiger charge is -2.30. The molecule has 1 atom stereocenters. The molecule has 2 saturated heterocycles. The standard InChI is InChI=1S/C27H32FN3O6/c1-4-37-27(35)22-16(2)20(17(3)29-22)24(32)21-23(18-7-5-8-19(28)15-18)31(26(34)25(21)33)10-6-9-30-11-13-36-14-12-30/h5,7-8,15,23,29,32H,4,6,9-14H2,1-3H3/p-1. The molecule has 1 amide bonds. The van der Waals surface area contributed by atoms with Crippen molar-refractivity contribution in [3.63, 3.8) is 0 Å². The number of ketones is 1. The number of esters is 1. The van der Waals surface area contributed by atoms with E-state index in [2.05, 4.69) is 9.88 Å². The zero-order valence-corrected chi connectivity index (χ0v) is 21.3. The van der Waals surface area contributed by atoms with Crippen molar-refractivity contribution in [1.82, 2.24) is 14.8 Å². The average molecular weight is 513 g/mol. The number of likely N-dealkylation sites (tertiary alicyclic amines) is 1. The highest BCUT2D eigenvalue weighted by atomic mass is 19.1. The van der Waals surface area contributed by atoms with Gasteiger partial charge in [-0.05, 0) is 56.0 Å². The summed E-state index contributed by atoms with van der Waals surface area (Å²) in [5.74, 6) is -3.53. The summed E-state index contributed by atoms with van der Waals surface area (Å²) in [6.45, 7) is 8.79. The van der Waals surface area contributed by atoms with Gasteiger partial charge >= 0.3 is 5.97 Å². The number of hydrogen-bond donors (Lipinski definition) is 1. The van der Waals surface area contributed by atoms with Crippen molar-refractivity contribution >= 4 is 23.4 Å². The van der Waals surface area contributed by atoms with Crippen molar-refractivity contribution in [2.75, 3.05) is 46.0 Å². The van der Waals surface area contributed by atoms with E-state index in [-0.39, 0.29) is 30.0 Å². The Kier molecular flexibility index (Phi) is 8.09. The monoisotopic (exact) mass is 512 g/mol. The van der Waals surface area contributed by atoms with Gasteiger partial charge in [0.25, 0.3) is 5.91 Å². The minimum atomic E-state index is -1.03. The third-order valence-electron chi connectivity index (χ3n) is 6.82. The minimum absolute atomic E-state index is 0.116. The number of nitrogens with one attached hydrogen (secondary N) is 1. The number of halogens is 1. The van der Waals surface area contributed by atoms with Crippen LogP contribution in [0.4, 0.5) is 4.39 Å². The van der Waals surface area contributed by atoms with E-state index in [1.807, 2.05) is 0 Å². The van der Waals surface area contributed by atoms with Gasteiger partial charge in [-0.2, -0.15) is 0 Å². The van der Waals surface area contributed by atoms with Crippen molar-refractivity contribution in [1.29, 1.82) is 0 Å². The number of benzene rings is 1. The normalized spacial score (nSPS) is 20.0. The molecule has 198 valence electrons. The first-order valence-electron chi connectivity index (χ1n) is 12.4. The van der Waals surface area contributed by atoms with E-state index in [4.69, 9.17) is 9.47 Å². The van der Waals surface area contributed by atoms with Gasteiger partial charge in [-0.25, -0.2) is 9.18 Å². The number of Topliss-reactive ketones (excluding diaryl/α,β-unsaturated/α-hetero) is 1. The molecule has 1 unspecified atom stereocenters. The number of hydrogen-bond acceptors (Lipinski definition) is 7. The Morgan fingerprint density at radius 1 is 1.22 bits per heavy atom. The van der Waals surface area contributed by atoms with E-state index in [9.17, 15) is 23.9 Å². The van der Waals surface area contributed by atoms with E-state index in [0.29, 0.717) is 43.0 Å². The van der Waals surface area contributed by atoms with Gasteiger partial charge in [0.15, 0.2) is 0 Å². The molecule has 1 N–H and O–H groups in total. The number of aryl methyl sites for hydroxylation is 1. The van der Waals surface area contributed by atoms with E-state index in [0.717, 1.165) is 13.1 Å². The van der Waals surface area contributed by atoms with Gasteiger partial charge in [-0.3, -0.25) is 14.5 Å². The number of carbonyl (C=O) groups excluding carboxylic acids is 3. The van der Waals surface area contributed by atoms with Crippen LogP contribution in [0.2, 0.25) is 0 Å². The van der Waals surface area contributed by atoms with E-state index in [1.165, 1.54) is 23.1 Å². The van der Waals surface area contributed by atoms with Crippen LogP contribution in [0.3, 0.4) is 0 Å². The van der Waals surface area contributed by atoms with Crippen LogP contribution in [0.25, 0.3) is 5.76 Å². The molecule has 0 saturated carbocycles. The number of ether oxygens (including phenoxy) is 2. The first kappa shape index (κ1) is 26.6. The van der Waals surface area contributed by atoms with Crippen LogP contribution in [0.15, 0.2) is 29.8 Å². The summed E-state index contributed by atoms with van der Waals surface area (Å²) in [5.41, 5.74) is 1.05. The maximum absolute atomic E-state index is 14.2. The maximum atomic E-state index is 14.2. The average Bonchev–Trinajstić information content (AvgIpc) is 3.32. The van der Waals surface area contributed by atoms with Gasteiger partial charge < -0.3 is 24.5 Å². The lowest BCUT2D eigenvalue weighted by atomic mass is 9.94. The Hall–Kier alpha value is -3.50. The first-order chi connectivity index (χ1) is 17.7. The third-order valence-corrected chi connectivity index (χ3v) is 6.82. The van der Waals surface area contributed by atoms with Gasteiger partial charge in [-0.1, -0.05) is 17.9 Å². The molecular weight excluding hydrogens is 481 g/mol. The number of rotatable bonds is 8. The van der Waals surface area contributed by atoms with Crippen molar-refractivity contribution in [2.45, 2.75) is 33.2 Å². The van der Waals surface area contributed by atoms with Gasteiger partial charge in [0.1, 0.15) is 11.5 Å². The molecule has 0 aliphatic carbocycles. The smallest absolute Gasteiger partial charge is 0.355 e. The van der Waals surface area contributed by atoms with Crippen molar-refractivity contribution < 1.29 is 33.4 Å². The molecule has 2 aliphatic rings. The second kappa shape index (κ2) is 11.3. The Labute approximate surface area is 214 Å². The summed E-state index contributed by atoms with van der Waals surface area (Å²) < 4.78 is 24.7. The SMILES string of the molecule is CCOC(=O)c1[nH]c(C)c(C([O-])=C2C(=O)C(=O)N(CCCN3CCOCC3)C2c2cccc(F)c2)c1C. The molecule has 0 spiro atoms. The van der Waals surface area contributed by atoms with Crippen LogP contribution < -0.4 is 5.11 Å². The largest absolute Gasteiger partial charge is 0.872 e. The van der Waals surface area contributed by atoms with Crippen LogP contribution in [-0.2, 0) is 19.1 Å². The zero-order valence-electron chi connectivity index (χ0n) is 21.3. The number of carbonyl (C=O) groups is 3. The molecule has 37 heavy (non-hydrogen) atoms. The number of H-pyrrole nitrogens is 1. The van der Waals surface area contributed by atoms with Crippen molar-refractivity contribution in [3.05, 3.63) is 63.7 Å². The summed E-state index contributed by atoms with van der Waals surface area (Å²) in [5, 5.41) is 13.8. The molecule has 4 rings (SSSR count). The fraction of sp³-hybridized carbons (Fsp3) is 0.444. The molecule has 10 heteroatoms. The van der Waals surface area contributed by atoms with E-state index >= 15 is 0 Å². The van der Waals surface area contributed by atoms with Crippen molar-refractivity contribution in [2.24, 2.45) is 0 Å². The number of nitrogens with zero attached hydrogens (tertiary/aromatic N) is 2. The Morgan fingerprint density at radius 2 is 1.95 bits per heavy atom. The van der Waals surface area contributed by atoms with Crippen molar-refractivity contribution in [3.8, 4) is 0 Å². The zero-order chi connectivity index (χ0) is 26.7. The number of aromatic amines is 1. The van der Waals surface area contributed by atoms with Crippen LogP contribution in [0.5, 0.6) is 0 Å². The number of amides is 1. The molecule has 0 radical (unpaired) electrons. The fourth-order valence-corrected chi connectivity index (χ4v) is 5.05. The fourth-order valence-electron chi connectivity index (χ4n) is 5.05.